The van der Waals surface area contributed by atoms with Crippen LogP contribution in [0.3, 0.4) is 0 Å². The van der Waals surface area contributed by atoms with E-state index in [0.29, 0.717) is 46.7 Å². The predicted molar refractivity (Wildman–Crippen MR) is 117 cm³/mol. The number of carbonyl (C=O) groups is 2. The van der Waals surface area contributed by atoms with Crippen molar-refractivity contribution in [3.63, 3.8) is 0 Å². The molecule has 1 saturated carbocycles. The van der Waals surface area contributed by atoms with E-state index in [9.17, 15) is 14.0 Å². The van der Waals surface area contributed by atoms with Crippen LogP contribution in [0.5, 0.6) is 0 Å². The maximum atomic E-state index is 13.9. The first-order chi connectivity index (χ1) is 15.8. The van der Waals surface area contributed by atoms with Crippen LogP contribution in [0.4, 0.5) is 4.39 Å². The Bertz CT molecular complexity index is 1410. The fraction of sp³-hybridized carbons (Fsp3) is 0.227. The lowest BCUT2D eigenvalue weighted by Crippen LogP contribution is -2.40. The summed E-state index contributed by atoms with van der Waals surface area (Å²) >= 11 is 6.60. The monoisotopic (exact) mass is 468 g/mol. The highest BCUT2D eigenvalue weighted by Gasteiger charge is 2.55. The highest BCUT2D eigenvalue weighted by molar-refractivity contribution is 6.38. The molecular formula is C22H18ClFN6O3. The molecule has 0 radical (unpaired) electrons. The predicted octanol–water partition coefficient (Wildman–Crippen LogP) is 3.06. The van der Waals surface area contributed by atoms with Crippen molar-refractivity contribution < 1.29 is 18.5 Å². The Hall–Kier alpha value is -3.79. The van der Waals surface area contributed by atoms with E-state index in [1.54, 1.807) is 35.9 Å². The van der Waals surface area contributed by atoms with E-state index in [2.05, 4.69) is 20.4 Å². The molecule has 9 nitrogen and oxygen atoms in total. The van der Waals surface area contributed by atoms with Gasteiger partial charge in [-0.3, -0.25) is 14.6 Å². The lowest BCUT2D eigenvalue weighted by molar-refractivity contribution is -0.135. The summed E-state index contributed by atoms with van der Waals surface area (Å²) in [7, 11) is 0. The number of aromatic nitrogens is 4. The molecule has 1 aliphatic carbocycles. The van der Waals surface area contributed by atoms with Gasteiger partial charge in [0.15, 0.2) is 0 Å². The third kappa shape index (κ3) is 3.52. The number of nitrogens with one attached hydrogen (secondary N) is 1. The molecule has 4 aromatic rings. The normalized spacial score (nSPS) is 14.4. The maximum Gasteiger partial charge on any atom is 0.236 e. The zero-order chi connectivity index (χ0) is 23.3. The number of fused-ring (bicyclic) bond motifs is 1. The van der Waals surface area contributed by atoms with Crippen LogP contribution in [0.25, 0.3) is 28.1 Å². The third-order valence-corrected chi connectivity index (χ3v) is 6.14. The number of halogens is 2. The van der Waals surface area contributed by atoms with Crippen LogP contribution >= 0.6 is 11.6 Å². The van der Waals surface area contributed by atoms with Gasteiger partial charge in [0.25, 0.3) is 0 Å². The van der Waals surface area contributed by atoms with Crippen LogP contribution in [0.1, 0.15) is 24.4 Å². The second-order valence-corrected chi connectivity index (χ2v) is 8.31. The van der Waals surface area contributed by atoms with Crippen molar-refractivity contribution in [3.05, 3.63) is 59.0 Å². The maximum absolute atomic E-state index is 13.9. The van der Waals surface area contributed by atoms with E-state index in [4.69, 9.17) is 21.9 Å². The number of nitrogens with two attached hydrogens (primary N) is 1. The highest BCUT2D eigenvalue weighted by Crippen LogP contribution is 2.45. The molecular weight excluding hydrogens is 451 g/mol. The van der Waals surface area contributed by atoms with E-state index in [1.807, 2.05) is 0 Å². The molecule has 2 amide bonds. The Morgan fingerprint density at radius 1 is 1.30 bits per heavy atom. The Kier molecular flexibility index (Phi) is 4.89. The van der Waals surface area contributed by atoms with Crippen LogP contribution in [-0.4, -0.2) is 31.5 Å². The molecule has 3 N–H and O–H groups in total. The summed E-state index contributed by atoms with van der Waals surface area (Å²) in [5.74, 6) is -0.809. The lowest BCUT2D eigenvalue weighted by atomic mass is 10.1. The number of benzene rings is 1. The number of pyridine rings is 1. The van der Waals surface area contributed by atoms with Crippen molar-refractivity contribution >= 4 is 34.3 Å². The van der Waals surface area contributed by atoms with E-state index >= 15 is 0 Å². The number of nitrogens with zero attached hydrogens (tertiary/aromatic N) is 4. The molecule has 1 aromatic carbocycles. The molecule has 0 aliphatic heterocycles. The van der Waals surface area contributed by atoms with Gasteiger partial charge in [0.1, 0.15) is 16.9 Å². The zero-order valence-electron chi connectivity index (χ0n) is 17.4. The Morgan fingerprint density at radius 3 is 2.70 bits per heavy atom. The summed E-state index contributed by atoms with van der Waals surface area (Å²) in [6.07, 6.45) is 2.51. The van der Waals surface area contributed by atoms with Gasteiger partial charge in [-0.05, 0) is 43.2 Å². The summed E-state index contributed by atoms with van der Waals surface area (Å²) in [5.41, 5.74) is 6.53. The van der Waals surface area contributed by atoms with Crippen molar-refractivity contribution in [1.82, 2.24) is 25.0 Å². The zero-order valence-corrected chi connectivity index (χ0v) is 18.2. The van der Waals surface area contributed by atoms with Gasteiger partial charge in [-0.15, -0.1) is 0 Å². The van der Waals surface area contributed by atoms with Crippen LogP contribution in [0.2, 0.25) is 5.02 Å². The van der Waals surface area contributed by atoms with E-state index in [1.165, 1.54) is 12.1 Å². The standard InChI is InChI=1S/C22H18ClFN6O3/c1-11-28-19(29-33-11)18-17(23)15-8-12(24)2-5-16(15)30(18)14-4-3-13(26-10-14)9-27-21(32)22(6-7-22)20(25)31/h2-5,8,10H,6-7,9H2,1H3,(H2,25,31)(H,27,32). The minimum Gasteiger partial charge on any atom is -0.369 e. The van der Waals surface area contributed by atoms with Crippen LogP contribution in [0.15, 0.2) is 41.1 Å². The molecule has 0 unspecified atom stereocenters. The fourth-order valence-electron chi connectivity index (χ4n) is 3.79. The van der Waals surface area contributed by atoms with Crippen LogP contribution in [-0.2, 0) is 16.1 Å². The highest BCUT2D eigenvalue weighted by atomic mass is 35.5. The molecule has 0 bridgehead atoms. The molecule has 3 aromatic heterocycles. The molecule has 3 heterocycles. The molecule has 168 valence electrons. The Balaban J connectivity index is 1.49. The van der Waals surface area contributed by atoms with Gasteiger partial charge in [-0.1, -0.05) is 16.8 Å². The smallest absolute Gasteiger partial charge is 0.236 e. The van der Waals surface area contributed by atoms with Crippen molar-refractivity contribution in [3.8, 4) is 17.2 Å². The van der Waals surface area contributed by atoms with Gasteiger partial charge in [0.2, 0.25) is 23.5 Å². The average molecular weight is 469 g/mol. The number of carbonyl (C=O) groups excluding carboxylic acids is 2. The molecule has 33 heavy (non-hydrogen) atoms. The minimum absolute atomic E-state index is 0.142. The summed E-state index contributed by atoms with van der Waals surface area (Å²) in [6, 6.07) is 7.80. The van der Waals surface area contributed by atoms with Crippen LogP contribution in [0, 0.1) is 18.2 Å². The number of primary amides is 1. The fourth-order valence-corrected chi connectivity index (χ4v) is 4.11. The Labute approximate surface area is 191 Å². The van der Waals surface area contributed by atoms with Crippen molar-refractivity contribution in [1.29, 1.82) is 0 Å². The first-order valence-corrected chi connectivity index (χ1v) is 10.5. The first kappa shape index (κ1) is 21.1. The second kappa shape index (κ2) is 7.66. The minimum atomic E-state index is -1.09. The molecule has 11 heteroatoms. The number of hydrogen-bond donors (Lipinski definition) is 2. The molecule has 5 rings (SSSR count). The number of hydrogen-bond acceptors (Lipinski definition) is 6. The lowest BCUT2D eigenvalue weighted by Gasteiger charge is -2.12. The molecule has 0 saturated heterocycles. The second-order valence-electron chi connectivity index (χ2n) is 7.93. The summed E-state index contributed by atoms with van der Waals surface area (Å²) < 4.78 is 20.8. The number of aryl methyl sites for hydroxylation is 1. The third-order valence-electron chi connectivity index (χ3n) is 5.76. The average Bonchev–Trinajstić information content (AvgIpc) is 3.44. The van der Waals surface area contributed by atoms with Gasteiger partial charge in [-0.25, -0.2) is 4.39 Å². The van der Waals surface area contributed by atoms with Crippen molar-refractivity contribution in [2.24, 2.45) is 11.1 Å². The van der Waals surface area contributed by atoms with Crippen molar-refractivity contribution in [2.75, 3.05) is 0 Å². The van der Waals surface area contributed by atoms with Crippen LogP contribution < -0.4 is 11.1 Å². The van der Waals surface area contributed by atoms with Gasteiger partial charge in [0.05, 0.1) is 34.7 Å². The molecule has 1 aliphatic rings. The van der Waals surface area contributed by atoms with E-state index < -0.39 is 17.1 Å². The van der Waals surface area contributed by atoms with E-state index in [0.717, 1.165) is 0 Å². The first-order valence-electron chi connectivity index (χ1n) is 10.1. The van der Waals surface area contributed by atoms with Gasteiger partial charge in [0, 0.05) is 12.3 Å². The molecule has 0 spiro atoms. The summed E-state index contributed by atoms with van der Waals surface area (Å²) in [6.45, 7) is 1.80. The molecule has 1 fully saturated rings. The van der Waals surface area contributed by atoms with Crippen molar-refractivity contribution in [2.45, 2.75) is 26.3 Å². The topological polar surface area (TPSA) is 129 Å². The van der Waals surface area contributed by atoms with E-state index in [-0.39, 0.29) is 23.3 Å². The number of amides is 2. The number of rotatable bonds is 6. The Morgan fingerprint density at radius 2 is 2.09 bits per heavy atom. The van der Waals surface area contributed by atoms with Gasteiger partial charge >= 0.3 is 0 Å². The summed E-state index contributed by atoms with van der Waals surface area (Å²) in [5, 5.41) is 7.46. The van der Waals surface area contributed by atoms with Gasteiger partial charge in [-0.2, -0.15) is 4.98 Å². The largest absolute Gasteiger partial charge is 0.369 e. The summed E-state index contributed by atoms with van der Waals surface area (Å²) in [4.78, 5) is 32.5. The van der Waals surface area contributed by atoms with Gasteiger partial charge < -0.3 is 20.1 Å². The SMILES string of the molecule is Cc1nc(-c2c(Cl)c3cc(F)ccc3n2-c2ccc(CNC(=O)C3(C(N)=O)CC3)nc2)no1. The quantitative estimate of drug-likeness (QED) is 0.418. The molecule has 0 atom stereocenters.